The average Bonchev–Trinajstić information content (AvgIpc) is 2.23. The van der Waals surface area contributed by atoms with Gasteiger partial charge in [-0.05, 0) is 37.6 Å². The second-order valence-corrected chi connectivity index (χ2v) is 3.99. The Morgan fingerprint density at radius 1 is 1.43 bits per heavy atom. The van der Waals surface area contributed by atoms with Crippen LogP contribution < -0.4 is 0 Å². The predicted octanol–water partition coefficient (Wildman–Crippen LogP) is 2.27. The number of hydrogen-bond acceptors (Lipinski definition) is 2. The van der Waals surface area contributed by atoms with Gasteiger partial charge >= 0.3 is 0 Å². The number of rotatable bonds is 2. The fraction of sp³-hybridized carbons (Fsp3) is 0.500. The van der Waals surface area contributed by atoms with Crippen LogP contribution in [0.15, 0.2) is 24.4 Å². The second-order valence-electron chi connectivity index (χ2n) is 3.99. The topological polar surface area (TPSA) is 16.1 Å². The van der Waals surface area contributed by atoms with E-state index in [2.05, 4.69) is 29.1 Å². The van der Waals surface area contributed by atoms with Gasteiger partial charge in [-0.3, -0.25) is 12.0 Å². The van der Waals surface area contributed by atoms with Crippen LogP contribution in [0, 0.1) is 7.05 Å². The number of aromatic nitrogens is 1. The van der Waals surface area contributed by atoms with Crippen molar-refractivity contribution in [3.8, 4) is 0 Å². The first-order valence-corrected chi connectivity index (χ1v) is 5.33. The molecule has 1 aliphatic heterocycles. The fourth-order valence-corrected chi connectivity index (χ4v) is 2.05. The second kappa shape index (κ2) is 4.56. The van der Waals surface area contributed by atoms with E-state index in [0.717, 1.165) is 13.0 Å². The molecule has 0 saturated carbocycles. The molecule has 0 radical (unpaired) electrons. The van der Waals surface area contributed by atoms with E-state index >= 15 is 0 Å². The van der Waals surface area contributed by atoms with E-state index in [1.54, 1.807) is 0 Å². The molecule has 0 aromatic carbocycles. The molecule has 0 N–H and O–H groups in total. The average molecular weight is 189 g/mol. The number of piperidine rings is 1. The molecule has 0 bridgehead atoms. The van der Waals surface area contributed by atoms with E-state index in [9.17, 15) is 0 Å². The molecule has 1 fully saturated rings. The molecule has 2 rings (SSSR count). The molecule has 1 unspecified atom stereocenters. The van der Waals surface area contributed by atoms with Crippen molar-refractivity contribution in [2.45, 2.75) is 31.7 Å². The van der Waals surface area contributed by atoms with Gasteiger partial charge in [0, 0.05) is 18.3 Å². The van der Waals surface area contributed by atoms with Crippen molar-refractivity contribution in [1.82, 2.24) is 9.88 Å². The summed E-state index contributed by atoms with van der Waals surface area (Å²) in [5.74, 6) is 0. The van der Waals surface area contributed by atoms with Crippen molar-refractivity contribution in [3.63, 3.8) is 0 Å². The fourth-order valence-electron chi connectivity index (χ4n) is 2.05. The van der Waals surface area contributed by atoms with Crippen molar-refractivity contribution in [3.05, 3.63) is 37.1 Å². The lowest BCUT2D eigenvalue weighted by atomic mass is 9.98. The molecule has 1 aromatic rings. The quantitative estimate of drug-likeness (QED) is 0.663. The van der Waals surface area contributed by atoms with Gasteiger partial charge in [-0.2, -0.15) is 0 Å². The van der Waals surface area contributed by atoms with E-state index < -0.39 is 0 Å². The molecule has 1 aliphatic rings. The van der Waals surface area contributed by atoms with Crippen LogP contribution in [0.3, 0.4) is 0 Å². The summed E-state index contributed by atoms with van der Waals surface area (Å²) in [5, 5.41) is 0. The molecule has 14 heavy (non-hydrogen) atoms. The summed E-state index contributed by atoms with van der Waals surface area (Å²) in [6.07, 6.45) is 6.81. The highest BCUT2D eigenvalue weighted by Gasteiger charge is 2.15. The normalized spacial score (nSPS) is 23.6. The molecule has 1 saturated heterocycles. The lowest BCUT2D eigenvalue weighted by Gasteiger charge is -2.39. The van der Waals surface area contributed by atoms with Gasteiger partial charge < -0.3 is 4.90 Å². The molecule has 1 aromatic heterocycles. The van der Waals surface area contributed by atoms with E-state index in [1.165, 1.54) is 25.0 Å². The summed E-state index contributed by atoms with van der Waals surface area (Å²) in [5.41, 5.74) is 1.19. The van der Waals surface area contributed by atoms with Gasteiger partial charge in [-0.15, -0.1) is 0 Å². The lowest BCUT2D eigenvalue weighted by Crippen LogP contribution is -2.36. The first-order chi connectivity index (χ1) is 6.86. The van der Waals surface area contributed by atoms with Crippen LogP contribution in [-0.2, 0) is 6.42 Å². The summed E-state index contributed by atoms with van der Waals surface area (Å²) in [6.45, 7) is 1.14. The number of nitrogens with zero attached hydrogens (tertiary/aromatic N) is 2. The smallest absolute Gasteiger partial charge is 0.0418 e. The Labute approximate surface area is 86.0 Å². The summed E-state index contributed by atoms with van der Waals surface area (Å²) in [7, 11) is 4.08. The Morgan fingerprint density at radius 2 is 2.36 bits per heavy atom. The van der Waals surface area contributed by atoms with E-state index in [-0.39, 0.29) is 0 Å². The maximum absolute atomic E-state index is 4.35. The third kappa shape index (κ3) is 2.32. The monoisotopic (exact) mass is 189 g/mol. The van der Waals surface area contributed by atoms with E-state index in [0.29, 0.717) is 6.04 Å². The number of pyridine rings is 1. The molecule has 0 spiro atoms. The highest BCUT2D eigenvalue weighted by atomic mass is 15.1. The minimum Gasteiger partial charge on any atom is -0.456 e. The molecular weight excluding hydrogens is 172 g/mol. The van der Waals surface area contributed by atoms with Crippen LogP contribution in [0.1, 0.15) is 25.0 Å². The summed E-state index contributed by atoms with van der Waals surface area (Å²) < 4.78 is 0. The van der Waals surface area contributed by atoms with E-state index in [1.807, 2.05) is 12.3 Å². The lowest BCUT2D eigenvalue weighted by molar-refractivity contribution is 0.207. The summed E-state index contributed by atoms with van der Waals surface area (Å²) >= 11 is 0. The minimum atomic E-state index is 0.596. The van der Waals surface area contributed by atoms with Crippen molar-refractivity contribution < 1.29 is 0 Å². The van der Waals surface area contributed by atoms with Gasteiger partial charge in [0.05, 0.1) is 0 Å². The number of hydrogen-bond donors (Lipinski definition) is 0. The van der Waals surface area contributed by atoms with Crippen LogP contribution in [0.25, 0.3) is 0 Å². The van der Waals surface area contributed by atoms with Gasteiger partial charge in [-0.25, -0.2) is 0 Å². The third-order valence-corrected chi connectivity index (χ3v) is 2.92. The Balaban J connectivity index is 1.96. The molecule has 0 aliphatic carbocycles. The summed E-state index contributed by atoms with van der Waals surface area (Å²) in [6, 6.07) is 6.71. The Hall–Kier alpha value is -0.890. The molecule has 1 atom stereocenters. The molecular formula is C12H17N2-. The zero-order valence-corrected chi connectivity index (χ0v) is 8.52. The van der Waals surface area contributed by atoms with Gasteiger partial charge in [0.15, 0.2) is 0 Å². The Morgan fingerprint density at radius 3 is 3.07 bits per heavy atom. The highest BCUT2D eigenvalue weighted by Crippen LogP contribution is 2.18. The van der Waals surface area contributed by atoms with Crippen LogP contribution >= 0.6 is 0 Å². The van der Waals surface area contributed by atoms with Gasteiger partial charge in [0.25, 0.3) is 0 Å². The largest absolute Gasteiger partial charge is 0.456 e. The molecule has 2 heteroatoms. The zero-order valence-electron chi connectivity index (χ0n) is 8.52. The summed E-state index contributed by atoms with van der Waals surface area (Å²) in [4.78, 5) is 6.57. The third-order valence-electron chi connectivity index (χ3n) is 2.92. The van der Waals surface area contributed by atoms with E-state index in [4.69, 9.17) is 0 Å². The predicted molar refractivity (Wildman–Crippen MR) is 57.6 cm³/mol. The van der Waals surface area contributed by atoms with Crippen molar-refractivity contribution >= 4 is 0 Å². The Bertz CT molecular complexity index is 271. The molecule has 0 amide bonds. The molecule has 2 nitrogen and oxygen atoms in total. The van der Waals surface area contributed by atoms with Crippen LogP contribution in [-0.4, -0.2) is 22.5 Å². The van der Waals surface area contributed by atoms with Crippen LogP contribution in [0.4, 0.5) is 0 Å². The first kappa shape index (κ1) is 9.66. The Kier molecular flexibility index (Phi) is 3.14. The van der Waals surface area contributed by atoms with Gasteiger partial charge in [0.1, 0.15) is 0 Å². The maximum Gasteiger partial charge on any atom is 0.0418 e. The van der Waals surface area contributed by atoms with Crippen LogP contribution in [0.5, 0.6) is 0 Å². The van der Waals surface area contributed by atoms with Crippen molar-refractivity contribution in [2.75, 3.05) is 6.54 Å². The zero-order chi connectivity index (χ0) is 9.80. The maximum atomic E-state index is 4.35. The molecule has 2 heterocycles. The van der Waals surface area contributed by atoms with Gasteiger partial charge in [0.2, 0.25) is 0 Å². The standard InChI is InChI=1S/C12H17N2/c1-14-9-5-3-7-12(14)10-11-6-2-4-8-13-11/h2,4,6,8,12H,1,3,5,7,9-10H2/q-1. The van der Waals surface area contributed by atoms with Crippen LogP contribution in [0.2, 0.25) is 0 Å². The number of likely N-dealkylation sites (tertiary alicyclic amines) is 1. The van der Waals surface area contributed by atoms with Crippen molar-refractivity contribution in [2.24, 2.45) is 0 Å². The SMILES string of the molecule is [CH2-]N1CCCCC1Cc1ccccn1. The minimum absolute atomic E-state index is 0.596. The molecule has 76 valence electrons. The first-order valence-electron chi connectivity index (χ1n) is 5.33. The van der Waals surface area contributed by atoms with Crippen molar-refractivity contribution in [1.29, 1.82) is 0 Å². The van der Waals surface area contributed by atoms with Gasteiger partial charge in [-0.1, -0.05) is 12.5 Å². The highest BCUT2D eigenvalue weighted by molar-refractivity contribution is 5.05.